The van der Waals surface area contributed by atoms with E-state index in [9.17, 15) is 4.79 Å². The highest BCUT2D eigenvalue weighted by atomic mass is 16.5. The van der Waals surface area contributed by atoms with Crippen molar-refractivity contribution < 1.29 is 14.1 Å². The van der Waals surface area contributed by atoms with Gasteiger partial charge in [-0.15, -0.1) is 0 Å². The fraction of sp³-hybridized carbons (Fsp3) is 0.692. The average molecular weight is 267 g/mol. The van der Waals surface area contributed by atoms with E-state index in [4.69, 9.17) is 15.0 Å². The van der Waals surface area contributed by atoms with Crippen LogP contribution in [0, 0.1) is 13.8 Å². The van der Waals surface area contributed by atoms with Crippen LogP contribution in [0.2, 0.25) is 0 Å². The topological polar surface area (TPSA) is 90.4 Å². The third-order valence-electron chi connectivity index (χ3n) is 3.54. The maximum atomic E-state index is 12.1. The van der Waals surface area contributed by atoms with E-state index in [0.29, 0.717) is 6.54 Å². The predicted octanol–water partition coefficient (Wildman–Crippen LogP) is 0.975. The first-order valence-electron chi connectivity index (χ1n) is 6.61. The Morgan fingerprint density at radius 2 is 2.26 bits per heavy atom. The molecular formula is C13H21N3O3. The van der Waals surface area contributed by atoms with E-state index in [-0.39, 0.29) is 18.1 Å². The third kappa shape index (κ3) is 2.96. The molecule has 1 aromatic rings. The van der Waals surface area contributed by atoms with Crippen LogP contribution in [0.5, 0.6) is 0 Å². The lowest BCUT2D eigenvalue weighted by atomic mass is 10.1. The molecule has 3 unspecified atom stereocenters. The van der Waals surface area contributed by atoms with Crippen molar-refractivity contribution in [1.82, 2.24) is 10.5 Å². The van der Waals surface area contributed by atoms with Crippen molar-refractivity contribution in [2.75, 3.05) is 6.54 Å². The quantitative estimate of drug-likeness (QED) is 0.848. The highest BCUT2D eigenvalue weighted by Gasteiger charge is 2.31. The van der Waals surface area contributed by atoms with Gasteiger partial charge in [-0.25, -0.2) is 0 Å². The van der Waals surface area contributed by atoms with Crippen LogP contribution in [0.3, 0.4) is 0 Å². The lowest BCUT2D eigenvalue weighted by Gasteiger charge is -2.17. The highest BCUT2D eigenvalue weighted by molar-refractivity contribution is 5.81. The van der Waals surface area contributed by atoms with Crippen molar-refractivity contribution >= 4 is 5.91 Å². The molecule has 1 fully saturated rings. The Bertz CT molecular complexity index is 438. The number of amides is 1. The first-order chi connectivity index (χ1) is 9.02. The average Bonchev–Trinajstić information content (AvgIpc) is 2.96. The minimum atomic E-state index is -0.392. The first kappa shape index (κ1) is 14.0. The lowest BCUT2D eigenvalue weighted by Crippen LogP contribution is -2.37. The molecule has 1 aromatic heterocycles. The van der Waals surface area contributed by atoms with Crippen LogP contribution in [0.25, 0.3) is 0 Å². The summed E-state index contributed by atoms with van der Waals surface area (Å²) < 4.78 is 10.7. The minimum absolute atomic E-state index is 0.00474. The monoisotopic (exact) mass is 267 g/mol. The Labute approximate surface area is 112 Å². The second kappa shape index (κ2) is 5.71. The molecule has 19 heavy (non-hydrogen) atoms. The molecule has 0 aliphatic carbocycles. The number of aryl methyl sites for hydroxylation is 2. The largest absolute Gasteiger partial charge is 0.364 e. The summed E-state index contributed by atoms with van der Waals surface area (Å²) in [6.07, 6.45) is 1.18. The van der Waals surface area contributed by atoms with Gasteiger partial charge >= 0.3 is 0 Å². The number of rotatable bonds is 4. The normalized spacial score (nSPS) is 24.4. The number of ether oxygens (including phenoxy) is 1. The Balaban J connectivity index is 1.96. The zero-order valence-corrected chi connectivity index (χ0v) is 11.6. The molecule has 106 valence electrons. The Morgan fingerprint density at radius 1 is 1.53 bits per heavy atom. The van der Waals surface area contributed by atoms with Crippen molar-refractivity contribution in [1.29, 1.82) is 0 Å². The van der Waals surface area contributed by atoms with Gasteiger partial charge in [0.15, 0.2) is 0 Å². The SMILES string of the molecule is Cc1noc(C)c1C(C)NC(=O)C1CCC(CN)O1. The zero-order chi connectivity index (χ0) is 14.0. The van der Waals surface area contributed by atoms with Gasteiger partial charge in [-0.1, -0.05) is 5.16 Å². The van der Waals surface area contributed by atoms with Crippen LogP contribution in [-0.4, -0.2) is 29.8 Å². The molecule has 6 heteroatoms. The number of carbonyl (C=O) groups is 1. The summed E-state index contributed by atoms with van der Waals surface area (Å²) in [6, 6.07) is -0.140. The Hall–Kier alpha value is -1.40. The van der Waals surface area contributed by atoms with Gasteiger partial charge in [0, 0.05) is 12.1 Å². The fourth-order valence-corrected chi connectivity index (χ4v) is 2.56. The predicted molar refractivity (Wildman–Crippen MR) is 69.5 cm³/mol. The smallest absolute Gasteiger partial charge is 0.249 e. The summed E-state index contributed by atoms with van der Waals surface area (Å²) in [5.41, 5.74) is 7.27. The molecule has 0 saturated carbocycles. The summed E-state index contributed by atoms with van der Waals surface area (Å²) in [5.74, 6) is 0.640. The number of aromatic nitrogens is 1. The Morgan fingerprint density at radius 3 is 2.79 bits per heavy atom. The van der Waals surface area contributed by atoms with Gasteiger partial charge in [0.25, 0.3) is 0 Å². The van der Waals surface area contributed by atoms with E-state index in [2.05, 4.69) is 10.5 Å². The van der Waals surface area contributed by atoms with Crippen molar-refractivity contribution in [2.45, 2.75) is 51.9 Å². The van der Waals surface area contributed by atoms with Crippen molar-refractivity contribution in [3.05, 3.63) is 17.0 Å². The van der Waals surface area contributed by atoms with Crippen molar-refractivity contribution in [3.63, 3.8) is 0 Å². The van der Waals surface area contributed by atoms with Gasteiger partial charge in [0.2, 0.25) is 5.91 Å². The zero-order valence-electron chi connectivity index (χ0n) is 11.6. The fourth-order valence-electron chi connectivity index (χ4n) is 2.56. The van der Waals surface area contributed by atoms with Gasteiger partial charge < -0.3 is 20.3 Å². The van der Waals surface area contributed by atoms with Gasteiger partial charge in [-0.05, 0) is 33.6 Å². The van der Waals surface area contributed by atoms with Gasteiger partial charge in [0.1, 0.15) is 11.9 Å². The molecule has 0 spiro atoms. The summed E-state index contributed by atoms with van der Waals surface area (Å²) in [6.45, 7) is 6.09. The molecule has 0 bridgehead atoms. The van der Waals surface area contributed by atoms with E-state index in [0.717, 1.165) is 29.9 Å². The number of nitrogens with zero attached hydrogens (tertiary/aromatic N) is 1. The van der Waals surface area contributed by atoms with Crippen LogP contribution in [-0.2, 0) is 9.53 Å². The van der Waals surface area contributed by atoms with Crippen LogP contribution in [0.15, 0.2) is 4.52 Å². The number of hydrogen-bond acceptors (Lipinski definition) is 5. The molecule has 3 atom stereocenters. The van der Waals surface area contributed by atoms with Crippen LogP contribution >= 0.6 is 0 Å². The summed E-state index contributed by atoms with van der Waals surface area (Å²) >= 11 is 0. The number of carbonyl (C=O) groups excluding carboxylic acids is 1. The Kier molecular flexibility index (Phi) is 4.21. The molecule has 6 nitrogen and oxygen atoms in total. The third-order valence-corrected chi connectivity index (χ3v) is 3.54. The van der Waals surface area contributed by atoms with Crippen molar-refractivity contribution in [2.24, 2.45) is 5.73 Å². The van der Waals surface area contributed by atoms with Gasteiger partial charge in [-0.3, -0.25) is 4.79 Å². The van der Waals surface area contributed by atoms with E-state index in [1.54, 1.807) is 0 Å². The van der Waals surface area contributed by atoms with E-state index >= 15 is 0 Å². The summed E-state index contributed by atoms with van der Waals surface area (Å²) in [5, 5.41) is 6.84. The molecule has 0 radical (unpaired) electrons. The maximum absolute atomic E-state index is 12.1. The molecule has 1 amide bonds. The lowest BCUT2D eigenvalue weighted by molar-refractivity contribution is -0.132. The summed E-state index contributed by atoms with van der Waals surface area (Å²) in [4.78, 5) is 12.1. The van der Waals surface area contributed by atoms with Crippen LogP contribution in [0.1, 0.15) is 42.8 Å². The van der Waals surface area contributed by atoms with Gasteiger partial charge in [-0.2, -0.15) is 0 Å². The van der Waals surface area contributed by atoms with Crippen molar-refractivity contribution in [3.8, 4) is 0 Å². The van der Waals surface area contributed by atoms with Gasteiger partial charge in [0.05, 0.1) is 17.8 Å². The highest BCUT2D eigenvalue weighted by Crippen LogP contribution is 2.23. The molecule has 1 aliphatic rings. The van der Waals surface area contributed by atoms with E-state index < -0.39 is 6.10 Å². The molecule has 2 rings (SSSR count). The van der Waals surface area contributed by atoms with E-state index in [1.807, 2.05) is 20.8 Å². The first-order valence-corrected chi connectivity index (χ1v) is 6.61. The summed E-state index contributed by atoms with van der Waals surface area (Å²) in [7, 11) is 0. The molecule has 1 saturated heterocycles. The minimum Gasteiger partial charge on any atom is -0.364 e. The van der Waals surface area contributed by atoms with Crippen LogP contribution < -0.4 is 11.1 Å². The number of nitrogens with one attached hydrogen (secondary N) is 1. The van der Waals surface area contributed by atoms with E-state index in [1.165, 1.54) is 0 Å². The van der Waals surface area contributed by atoms with Crippen LogP contribution in [0.4, 0.5) is 0 Å². The molecule has 3 N–H and O–H groups in total. The number of nitrogens with two attached hydrogens (primary N) is 1. The molecular weight excluding hydrogens is 246 g/mol. The standard InChI is InChI=1S/C13H21N3O3/c1-7(12-8(2)16-19-9(12)3)15-13(17)11-5-4-10(6-14)18-11/h7,10-11H,4-6,14H2,1-3H3,(H,15,17). The molecule has 0 aromatic carbocycles. The molecule has 2 heterocycles. The number of hydrogen-bond donors (Lipinski definition) is 2. The second-order valence-corrected chi connectivity index (χ2v) is 5.03. The molecule has 1 aliphatic heterocycles. The second-order valence-electron chi connectivity index (χ2n) is 5.03. The maximum Gasteiger partial charge on any atom is 0.249 e.